The fourth-order valence-electron chi connectivity index (χ4n) is 3.28. The smallest absolute Gasteiger partial charge is 0.266 e. The van der Waals surface area contributed by atoms with Crippen LogP contribution in [-0.2, 0) is 4.79 Å². The molecule has 33 heavy (non-hydrogen) atoms. The maximum atomic E-state index is 12.8. The predicted molar refractivity (Wildman–Crippen MR) is 122 cm³/mol. The van der Waals surface area contributed by atoms with Crippen LogP contribution in [0.3, 0.4) is 0 Å². The van der Waals surface area contributed by atoms with Gasteiger partial charge < -0.3 is 14.5 Å². The summed E-state index contributed by atoms with van der Waals surface area (Å²) < 4.78 is 13.1. The van der Waals surface area contributed by atoms with E-state index in [1.807, 2.05) is 32.9 Å². The summed E-state index contributed by atoms with van der Waals surface area (Å²) in [6.45, 7) is 7.25. The highest BCUT2D eigenvalue weighted by atomic mass is 16.5. The van der Waals surface area contributed by atoms with Gasteiger partial charge in [0, 0.05) is 17.3 Å². The zero-order valence-corrected chi connectivity index (χ0v) is 18.7. The predicted octanol–water partition coefficient (Wildman–Crippen LogP) is 4.07. The third kappa shape index (κ3) is 4.98. The summed E-state index contributed by atoms with van der Waals surface area (Å²) in [6.07, 6.45) is -0.120. The molecule has 0 aliphatic rings. The van der Waals surface area contributed by atoms with Crippen molar-refractivity contribution in [2.75, 3.05) is 5.32 Å². The highest BCUT2D eigenvalue weighted by Crippen LogP contribution is 2.23. The SMILES string of the molecule is Cc1cc(C)n(-c2cc(NC(=O)C(C)Oc3cccc(C=O)c3)nc(-c3ccc(C)o3)n2)n1. The van der Waals surface area contributed by atoms with Crippen molar-refractivity contribution in [1.82, 2.24) is 19.7 Å². The van der Waals surface area contributed by atoms with Crippen LogP contribution in [0.25, 0.3) is 17.4 Å². The van der Waals surface area contributed by atoms with Crippen LogP contribution >= 0.6 is 0 Å². The Hall–Kier alpha value is -4.27. The Morgan fingerprint density at radius 2 is 1.94 bits per heavy atom. The van der Waals surface area contributed by atoms with Gasteiger partial charge in [-0.05, 0) is 58.0 Å². The molecule has 0 spiro atoms. The third-order valence-corrected chi connectivity index (χ3v) is 4.83. The van der Waals surface area contributed by atoms with Gasteiger partial charge in [0.25, 0.3) is 5.91 Å². The van der Waals surface area contributed by atoms with Crippen molar-refractivity contribution in [3.63, 3.8) is 0 Å². The molecule has 1 aromatic carbocycles. The number of furan rings is 1. The summed E-state index contributed by atoms with van der Waals surface area (Å²) in [5, 5.41) is 7.25. The van der Waals surface area contributed by atoms with E-state index in [1.54, 1.807) is 48.0 Å². The number of hydrogen-bond donors (Lipinski definition) is 1. The fourth-order valence-corrected chi connectivity index (χ4v) is 3.28. The summed E-state index contributed by atoms with van der Waals surface area (Å²) in [5.41, 5.74) is 2.19. The highest BCUT2D eigenvalue weighted by molar-refractivity contribution is 5.93. The lowest BCUT2D eigenvalue weighted by molar-refractivity contribution is -0.122. The van der Waals surface area contributed by atoms with E-state index < -0.39 is 12.0 Å². The standard InChI is InChI=1S/C24H23N5O4/c1-14-10-15(2)29(28-14)22-12-21(25-23(27-22)20-9-8-16(3)32-20)26-24(31)17(4)33-19-7-5-6-18(11-19)13-30/h5-13,17H,1-4H3,(H,25,26,27,31). The van der Waals surface area contributed by atoms with Gasteiger partial charge in [-0.3, -0.25) is 9.59 Å². The zero-order valence-electron chi connectivity index (χ0n) is 18.7. The maximum absolute atomic E-state index is 12.8. The van der Waals surface area contributed by atoms with Crippen LogP contribution in [0.1, 0.15) is 34.4 Å². The van der Waals surface area contributed by atoms with Gasteiger partial charge in [-0.25, -0.2) is 14.6 Å². The maximum Gasteiger partial charge on any atom is 0.266 e. The second-order valence-corrected chi connectivity index (χ2v) is 7.62. The number of carbonyl (C=O) groups is 2. The molecule has 4 rings (SSSR count). The van der Waals surface area contributed by atoms with Gasteiger partial charge in [0.2, 0.25) is 0 Å². The number of nitrogens with one attached hydrogen (secondary N) is 1. The Balaban J connectivity index is 1.63. The summed E-state index contributed by atoms with van der Waals surface area (Å²) in [7, 11) is 0. The monoisotopic (exact) mass is 445 g/mol. The molecule has 4 aromatic rings. The zero-order chi connectivity index (χ0) is 23.5. The van der Waals surface area contributed by atoms with Crippen molar-refractivity contribution in [2.24, 2.45) is 0 Å². The number of anilines is 1. The molecule has 0 fully saturated rings. The van der Waals surface area contributed by atoms with Gasteiger partial charge >= 0.3 is 0 Å². The number of aldehydes is 1. The number of amides is 1. The van der Waals surface area contributed by atoms with E-state index in [2.05, 4.69) is 20.4 Å². The molecule has 168 valence electrons. The highest BCUT2D eigenvalue weighted by Gasteiger charge is 2.19. The van der Waals surface area contributed by atoms with Gasteiger partial charge in [-0.2, -0.15) is 5.10 Å². The number of aryl methyl sites for hydroxylation is 3. The van der Waals surface area contributed by atoms with Crippen molar-refractivity contribution < 1.29 is 18.7 Å². The molecule has 0 bridgehead atoms. The van der Waals surface area contributed by atoms with E-state index in [-0.39, 0.29) is 5.82 Å². The van der Waals surface area contributed by atoms with E-state index in [0.29, 0.717) is 28.7 Å². The first-order valence-electron chi connectivity index (χ1n) is 10.3. The second kappa shape index (κ2) is 9.07. The number of nitrogens with zero attached hydrogens (tertiary/aromatic N) is 4. The molecule has 3 aromatic heterocycles. The largest absolute Gasteiger partial charge is 0.481 e. The summed E-state index contributed by atoms with van der Waals surface area (Å²) in [6, 6.07) is 13.7. The van der Waals surface area contributed by atoms with Crippen LogP contribution in [0, 0.1) is 20.8 Å². The Kier molecular flexibility index (Phi) is 6.03. The molecule has 0 radical (unpaired) electrons. The molecule has 0 saturated heterocycles. The van der Waals surface area contributed by atoms with E-state index in [0.717, 1.165) is 23.4 Å². The molecular formula is C24H23N5O4. The molecule has 1 amide bonds. The van der Waals surface area contributed by atoms with Crippen molar-refractivity contribution in [1.29, 1.82) is 0 Å². The summed E-state index contributed by atoms with van der Waals surface area (Å²) >= 11 is 0. The van der Waals surface area contributed by atoms with Crippen LogP contribution < -0.4 is 10.1 Å². The molecule has 1 N–H and O–H groups in total. The van der Waals surface area contributed by atoms with Crippen molar-refractivity contribution in [3.8, 4) is 23.2 Å². The van der Waals surface area contributed by atoms with E-state index >= 15 is 0 Å². The molecule has 1 atom stereocenters. The fraction of sp³-hybridized carbons (Fsp3) is 0.208. The number of ether oxygens (including phenoxy) is 1. The first-order chi connectivity index (χ1) is 15.8. The van der Waals surface area contributed by atoms with Crippen LogP contribution in [0.5, 0.6) is 5.75 Å². The second-order valence-electron chi connectivity index (χ2n) is 7.62. The topological polar surface area (TPSA) is 112 Å². The Morgan fingerprint density at radius 1 is 1.12 bits per heavy atom. The molecule has 3 heterocycles. The average molecular weight is 445 g/mol. The van der Waals surface area contributed by atoms with E-state index in [4.69, 9.17) is 9.15 Å². The molecule has 9 nitrogen and oxygen atoms in total. The third-order valence-electron chi connectivity index (χ3n) is 4.83. The van der Waals surface area contributed by atoms with E-state index in [1.165, 1.54) is 0 Å². The van der Waals surface area contributed by atoms with Gasteiger partial charge in [-0.15, -0.1) is 0 Å². The van der Waals surface area contributed by atoms with Crippen LogP contribution in [-0.4, -0.2) is 38.0 Å². The number of rotatable bonds is 7. The molecule has 0 saturated carbocycles. The number of benzene rings is 1. The Bertz CT molecular complexity index is 1320. The summed E-state index contributed by atoms with van der Waals surface area (Å²) in [5.74, 6) is 2.28. The quantitative estimate of drug-likeness (QED) is 0.427. The molecule has 0 aliphatic carbocycles. The van der Waals surface area contributed by atoms with Crippen molar-refractivity contribution in [2.45, 2.75) is 33.8 Å². The van der Waals surface area contributed by atoms with Crippen molar-refractivity contribution >= 4 is 18.0 Å². The molecule has 1 unspecified atom stereocenters. The van der Waals surface area contributed by atoms with Crippen LogP contribution in [0.15, 0.2) is 52.9 Å². The molecule has 9 heteroatoms. The molecular weight excluding hydrogens is 422 g/mol. The Labute approximate surface area is 190 Å². The van der Waals surface area contributed by atoms with E-state index in [9.17, 15) is 9.59 Å². The number of hydrogen-bond acceptors (Lipinski definition) is 7. The first-order valence-corrected chi connectivity index (χ1v) is 10.3. The number of carbonyl (C=O) groups excluding carboxylic acids is 2. The lowest BCUT2D eigenvalue weighted by atomic mass is 10.2. The minimum Gasteiger partial charge on any atom is -0.481 e. The van der Waals surface area contributed by atoms with Gasteiger partial charge in [0.05, 0.1) is 5.69 Å². The Morgan fingerprint density at radius 3 is 2.61 bits per heavy atom. The molecule has 0 aliphatic heterocycles. The lowest BCUT2D eigenvalue weighted by Crippen LogP contribution is -2.30. The van der Waals surface area contributed by atoms with Crippen LogP contribution in [0.4, 0.5) is 5.82 Å². The van der Waals surface area contributed by atoms with Crippen LogP contribution in [0.2, 0.25) is 0 Å². The average Bonchev–Trinajstić information content (AvgIpc) is 3.38. The van der Waals surface area contributed by atoms with Gasteiger partial charge in [0.15, 0.2) is 23.5 Å². The lowest BCUT2D eigenvalue weighted by Gasteiger charge is -2.15. The first kappa shape index (κ1) is 21.9. The summed E-state index contributed by atoms with van der Waals surface area (Å²) in [4.78, 5) is 32.8. The van der Waals surface area contributed by atoms with Crippen molar-refractivity contribution in [3.05, 3.63) is 71.2 Å². The minimum atomic E-state index is -0.840. The number of aromatic nitrogens is 4. The normalized spacial score (nSPS) is 11.8. The minimum absolute atomic E-state index is 0.277. The van der Waals surface area contributed by atoms with Gasteiger partial charge in [0.1, 0.15) is 23.6 Å². The van der Waals surface area contributed by atoms with Gasteiger partial charge in [-0.1, -0.05) is 12.1 Å².